The lowest BCUT2D eigenvalue weighted by Crippen LogP contribution is -2.14. The maximum absolute atomic E-state index is 10.2. The summed E-state index contributed by atoms with van der Waals surface area (Å²) in [7, 11) is 0. The highest BCUT2D eigenvalue weighted by atomic mass is 15.0. The van der Waals surface area contributed by atoms with Crippen molar-refractivity contribution in [2.75, 3.05) is 10.6 Å². The van der Waals surface area contributed by atoms with Gasteiger partial charge < -0.3 is 10.6 Å². The third kappa shape index (κ3) is 4.51. The lowest BCUT2D eigenvalue weighted by Gasteiger charge is -2.26. The van der Waals surface area contributed by atoms with Gasteiger partial charge in [-0.3, -0.25) is 0 Å². The molecule has 198 valence electrons. The molecular formula is C34H12N10. The number of hydrogen-bond acceptors (Lipinski definition) is 10. The summed E-state index contributed by atoms with van der Waals surface area (Å²) < 4.78 is 0. The molecule has 0 bridgehead atoms. The predicted octanol–water partition coefficient (Wildman–Crippen LogP) is 5.66. The molecule has 44 heavy (non-hydrogen) atoms. The SMILES string of the molecule is N#C/C(=C1/C=Cc2ccc3c(c2N1)N/C(=C(\C#N)c1c(C#N)cc(C#N)cc1C#N)C=C3)c1c(C#N)cc(C#N)cc1C#N. The molecule has 0 aromatic heterocycles. The second kappa shape index (κ2) is 11.3. The van der Waals surface area contributed by atoms with Gasteiger partial charge in [0.05, 0.1) is 104 Å². The van der Waals surface area contributed by atoms with E-state index in [1.54, 1.807) is 24.3 Å². The highest BCUT2D eigenvalue weighted by Gasteiger charge is 2.25. The van der Waals surface area contributed by atoms with E-state index < -0.39 is 0 Å². The fraction of sp³-hybridized carbons (Fsp3) is 0. The Balaban J connectivity index is 1.68. The molecule has 0 spiro atoms. The van der Waals surface area contributed by atoms with Gasteiger partial charge in [-0.05, 0) is 36.4 Å². The minimum absolute atomic E-state index is 0.00492. The van der Waals surface area contributed by atoms with E-state index in [0.717, 1.165) is 11.1 Å². The fourth-order valence-electron chi connectivity index (χ4n) is 4.98. The third-order valence-corrected chi connectivity index (χ3v) is 6.93. The maximum Gasteiger partial charge on any atom is 0.102 e. The molecular weight excluding hydrogens is 548 g/mol. The molecule has 2 heterocycles. The van der Waals surface area contributed by atoms with Gasteiger partial charge >= 0.3 is 0 Å². The number of anilines is 2. The Bertz CT molecular complexity index is 2080. The molecule has 0 amide bonds. The van der Waals surface area contributed by atoms with E-state index in [-0.39, 0.29) is 55.7 Å². The van der Waals surface area contributed by atoms with Crippen molar-refractivity contribution < 1.29 is 0 Å². The van der Waals surface area contributed by atoms with Crippen LogP contribution in [0, 0.1) is 90.6 Å². The van der Waals surface area contributed by atoms with Gasteiger partial charge in [0.15, 0.2) is 0 Å². The van der Waals surface area contributed by atoms with E-state index in [4.69, 9.17) is 0 Å². The topological polar surface area (TPSA) is 214 Å². The average Bonchev–Trinajstić information content (AvgIpc) is 3.08. The van der Waals surface area contributed by atoms with Crippen LogP contribution < -0.4 is 10.6 Å². The largest absolute Gasteiger partial charge is 0.352 e. The van der Waals surface area contributed by atoms with E-state index in [1.165, 1.54) is 24.3 Å². The molecule has 3 aromatic rings. The Kier molecular flexibility index (Phi) is 7.13. The summed E-state index contributed by atoms with van der Waals surface area (Å²) in [6.45, 7) is 0. The van der Waals surface area contributed by atoms with Crippen LogP contribution in [0.25, 0.3) is 23.3 Å². The first kappa shape index (κ1) is 27.7. The van der Waals surface area contributed by atoms with Crippen molar-refractivity contribution in [3.05, 3.63) is 116 Å². The van der Waals surface area contributed by atoms with Crippen molar-refractivity contribution in [3.8, 4) is 48.6 Å². The zero-order chi connectivity index (χ0) is 31.4. The maximum atomic E-state index is 10.2. The zero-order valence-corrected chi connectivity index (χ0v) is 22.4. The summed E-state index contributed by atoms with van der Waals surface area (Å²) in [5.74, 6) is 0. The van der Waals surface area contributed by atoms with E-state index in [0.29, 0.717) is 22.8 Å². The number of allylic oxidation sites excluding steroid dienone is 4. The number of hydrogen-bond donors (Lipinski definition) is 2. The summed E-state index contributed by atoms with van der Waals surface area (Å²) >= 11 is 0. The minimum Gasteiger partial charge on any atom is -0.352 e. The third-order valence-electron chi connectivity index (χ3n) is 6.93. The molecule has 3 aromatic carbocycles. The van der Waals surface area contributed by atoms with Gasteiger partial charge in [-0.25, -0.2) is 0 Å². The molecule has 0 radical (unpaired) electrons. The molecule has 0 unspecified atom stereocenters. The molecule has 10 nitrogen and oxygen atoms in total. The number of nitriles is 8. The van der Waals surface area contributed by atoms with Crippen LogP contribution in [0.2, 0.25) is 0 Å². The van der Waals surface area contributed by atoms with Gasteiger partial charge in [0.1, 0.15) is 12.1 Å². The first-order valence-electron chi connectivity index (χ1n) is 12.6. The number of nitrogens with zero attached hydrogens (tertiary/aromatic N) is 8. The summed E-state index contributed by atoms with van der Waals surface area (Å²) in [6.07, 6.45) is 6.77. The van der Waals surface area contributed by atoms with Crippen LogP contribution in [0.1, 0.15) is 55.6 Å². The highest BCUT2D eigenvalue weighted by Crippen LogP contribution is 2.42. The summed E-state index contributed by atoms with van der Waals surface area (Å²) in [5, 5.41) is 84.6. The molecule has 0 aliphatic carbocycles. The molecule has 2 aliphatic rings. The molecule has 10 heteroatoms. The monoisotopic (exact) mass is 560 g/mol. The Morgan fingerprint density at radius 1 is 0.455 bits per heavy atom. The average molecular weight is 561 g/mol. The van der Waals surface area contributed by atoms with Gasteiger partial charge in [0, 0.05) is 22.3 Å². The van der Waals surface area contributed by atoms with Crippen molar-refractivity contribution in [1.29, 1.82) is 42.1 Å². The van der Waals surface area contributed by atoms with Crippen LogP contribution in [0.15, 0.2) is 59.9 Å². The Morgan fingerprint density at radius 3 is 1.07 bits per heavy atom. The zero-order valence-electron chi connectivity index (χ0n) is 22.4. The highest BCUT2D eigenvalue weighted by molar-refractivity contribution is 5.99. The van der Waals surface area contributed by atoms with Gasteiger partial charge in [-0.1, -0.05) is 24.3 Å². The van der Waals surface area contributed by atoms with Crippen LogP contribution in [0.3, 0.4) is 0 Å². The van der Waals surface area contributed by atoms with E-state index >= 15 is 0 Å². The van der Waals surface area contributed by atoms with Crippen LogP contribution in [0.4, 0.5) is 11.4 Å². The smallest absolute Gasteiger partial charge is 0.102 e. The molecule has 0 atom stereocenters. The van der Waals surface area contributed by atoms with Crippen molar-refractivity contribution in [3.63, 3.8) is 0 Å². The molecule has 0 saturated heterocycles. The summed E-state index contributed by atoms with van der Waals surface area (Å²) in [4.78, 5) is 0. The quantitative estimate of drug-likeness (QED) is 0.366. The van der Waals surface area contributed by atoms with Crippen molar-refractivity contribution in [2.24, 2.45) is 0 Å². The summed E-state index contributed by atoms with van der Waals surface area (Å²) in [6, 6.07) is 24.9. The molecule has 2 aliphatic heterocycles. The van der Waals surface area contributed by atoms with E-state index in [9.17, 15) is 42.1 Å². The first-order valence-corrected chi connectivity index (χ1v) is 12.6. The number of benzene rings is 3. The Labute approximate surface area is 251 Å². The van der Waals surface area contributed by atoms with Crippen molar-refractivity contribution in [1.82, 2.24) is 0 Å². The van der Waals surface area contributed by atoms with Gasteiger partial charge in [-0.2, -0.15) is 42.1 Å². The normalized spacial score (nSPS) is 14.0. The number of rotatable bonds is 2. The van der Waals surface area contributed by atoms with Crippen LogP contribution >= 0.6 is 0 Å². The number of nitrogens with one attached hydrogen (secondary N) is 2. The standard InChI is InChI=1S/C34H12N10/c35-11-19-7-23(13-37)31(24(8-19)14-38)27(17-41)29-5-3-21-1-2-22-4-6-30(44-34(22)33(21)43-29)28(18-42)32-25(15-39)9-20(12-36)10-26(32)16-40/h1-10,43-44H/b29-27+,30-28+. The second-order valence-electron chi connectivity index (χ2n) is 9.28. The molecule has 5 rings (SSSR count). The minimum atomic E-state index is -0.00492. The lowest BCUT2D eigenvalue weighted by molar-refractivity contribution is 1.35. The number of fused-ring (bicyclic) bond motifs is 3. The summed E-state index contributed by atoms with van der Waals surface area (Å²) in [5.41, 5.74) is 3.48. The van der Waals surface area contributed by atoms with Crippen molar-refractivity contribution >= 4 is 34.7 Å². The van der Waals surface area contributed by atoms with Crippen LogP contribution in [-0.2, 0) is 0 Å². The van der Waals surface area contributed by atoms with Gasteiger partial charge in [0.2, 0.25) is 0 Å². The lowest BCUT2D eigenvalue weighted by atomic mass is 9.90. The first-order chi connectivity index (χ1) is 21.4. The Hall–Kier alpha value is -7.86. The predicted molar refractivity (Wildman–Crippen MR) is 158 cm³/mol. The van der Waals surface area contributed by atoms with Crippen molar-refractivity contribution in [2.45, 2.75) is 0 Å². The molecule has 0 fully saturated rings. The van der Waals surface area contributed by atoms with E-state index in [2.05, 4.69) is 22.8 Å². The molecule has 2 N–H and O–H groups in total. The van der Waals surface area contributed by atoms with Gasteiger partial charge in [-0.15, -0.1) is 0 Å². The van der Waals surface area contributed by atoms with Gasteiger partial charge in [0.25, 0.3) is 0 Å². The van der Waals surface area contributed by atoms with E-state index in [1.807, 2.05) is 48.5 Å². The fourth-order valence-corrected chi connectivity index (χ4v) is 4.98. The van der Waals surface area contributed by atoms with Crippen LogP contribution in [0.5, 0.6) is 0 Å². The van der Waals surface area contributed by atoms with Crippen LogP contribution in [-0.4, -0.2) is 0 Å². The molecule has 0 saturated carbocycles. The Morgan fingerprint density at radius 2 is 0.795 bits per heavy atom. The second-order valence-corrected chi connectivity index (χ2v) is 9.28.